The van der Waals surface area contributed by atoms with Gasteiger partial charge in [-0.05, 0) is 6.92 Å². The van der Waals surface area contributed by atoms with E-state index in [4.69, 9.17) is 16.7 Å². The summed E-state index contributed by atoms with van der Waals surface area (Å²) in [4.78, 5) is 9.76. The molecule has 0 saturated heterocycles. The van der Waals surface area contributed by atoms with E-state index in [0.717, 1.165) is 0 Å². The normalized spacial score (nSPS) is 11.4. The zero-order chi connectivity index (χ0) is 14.6. The summed E-state index contributed by atoms with van der Waals surface area (Å²) in [6.07, 6.45) is -2.51. The molecule has 0 saturated carbocycles. The third kappa shape index (κ3) is 4.24. The van der Waals surface area contributed by atoms with Gasteiger partial charge in [0.2, 0.25) is 0 Å². The first-order chi connectivity index (χ1) is 8.86. The van der Waals surface area contributed by atoms with Gasteiger partial charge in [0.15, 0.2) is 0 Å². The van der Waals surface area contributed by atoms with Crippen LogP contribution in [0.25, 0.3) is 0 Å². The van der Waals surface area contributed by atoms with Crippen molar-refractivity contribution >= 4 is 17.4 Å². The Labute approximate surface area is 116 Å². The second-order valence-corrected chi connectivity index (χ2v) is 4.89. The Morgan fingerprint density at radius 3 is 2.42 bits per heavy atom. The van der Waals surface area contributed by atoms with Crippen LogP contribution in [-0.4, -0.2) is 41.2 Å². The van der Waals surface area contributed by atoms with Crippen molar-refractivity contribution < 1.29 is 13.9 Å². The van der Waals surface area contributed by atoms with Gasteiger partial charge >= 0.3 is 0 Å². The molecule has 0 aromatic carbocycles. The second-order valence-electron chi connectivity index (χ2n) is 4.54. The molecule has 0 fully saturated rings. The number of rotatable bonds is 6. The van der Waals surface area contributed by atoms with Crippen molar-refractivity contribution in [2.24, 2.45) is 0 Å². The van der Waals surface area contributed by atoms with Crippen LogP contribution in [0.2, 0.25) is 5.15 Å². The number of hydrogen-bond acceptors (Lipinski definition) is 4. The summed E-state index contributed by atoms with van der Waals surface area (Å²) >= 11 is 6.02. The predicted molar refractivity (Wildman–Crippen MR) is 71.2 cm³/mol. The van der Waals surface area contributed by atoms with E-state index in [1.807, 2.05) is 13.8 Å². The average Bonchev–Trinajstić information content (AvgIpc) is 2.31. The molecule has 1 aromatic rings. The highest BCUT2D eigenvalue weighted by molar-refractivity contribution is 6.30. The summed E-state index contributed by atoms with van der Waals surface area (Å²) in [6, 6.07) is 0. The number of nitrogens with zero attached hydrogens (tertiary/aromatic N) is 3. The molecular formula is C12H18ClF2N3O. The first kappa shape index (κ1) is 16.0. The summed E-state index contributed by atoms with van der Waals surface area (Å²) in [5.74, 6) is 0.903. The minimum atomic E-state index is -2.51. The van der Waals surface area contributed by atoms with Crippen LogP contribution in [-0.2, 0) is 0 Å². The zero-order valence-electron chi connectivity index (χ0n) is 11.2. The fourth-order valence-corrected chi connectivity index (χ4v) is 1.80. The number of aliphatic hydroxyl groups excluding tert-OH is 1. The van der Waals surface area contributed by atoms with Gasteiger partial charge in [0.05, 0.1) is 13.2 Å². The van der Waals surface area contributed by atoms with Gasteiger partial charge in [0, 0.05) is 18.0 Å². The highest BCUT2D eigenvalue weighted by Crippen LogP contribution is 2.26. The Bertz CT molecular complexity index is 430. The van der Waals surface area contributed by atoms with Gasteiger partial charge in [-0.25, -0.2) is 18.7 Å². The van der Waals surface area contributed by atoms with Crippen LogP contribution in [0.5, 0.6) is 0 Å². The molecule has 0 spiro atoms. The lowest BCUT2D eigenvalue weighted by molar-refractivity contribution is 0.152. The van der Waals surface area contributed by atoms with Crippen molar-refractivity contribution in [3.8, 4) is 0 Å². The number of hydrogen-bond donors (Lipinski definition) is 1. The van der Waals surface area contributed by atoms with Crippen LogP contribution in [0.4, 0.5) is 14.6 Å². The van der Waals surface area contributed by atoms with Crippen molar-refractivity contribution in [3.63, 3.8) is 0 Å². The van der Waals surface area contributed by atoms with Gasteiger partial charge in [-0.15, -0.1) is 0 Å². The molecule has 0 bridgehead atoms. The monoisotopic (exact) mass is 293 g/mol. The number of alkyl halides is 2. The van der Waals surface area contributed by atoms with Crippen LogP contribution in [0, 0.1) is 6.92 Å². The topological polar surface area (TPSA) is 49.2 Å². The predicted octanol–water partition coefficient (Wildman–Crippen LogP) is 2.63. The summed E-state index contributed by atoms with van der Waals surface area (Å²) < 4.78 is 25.2. The summed E-state index contributed by atoms with van der Waals surface area (Å²) in [7, 11) is 0. The first-order valence-corrected chi connectivity index (χ1v) is 6.42. The Hall–Kier alpha value is -1.01. The molecule has 19 heavy (non-hydrogen) atoms. The largest absolute Gasteiger partial charge is 0.395 e. The molecule has 0 aliphatic heterocycles. The SMILES string of the molecule is Cc1c(Cl)nc(C(C)C)nc1N(CCO)CC(F)F. The zero-order valence-corrected chi connectivity index (χ0v) is 12.0. The second kappa shape index (κ2) is 6.96. The quantitative estimate of drug-likeness (QED) is 0.819. The lowest BCUT2D eigenvalue weighted by atomic mass is 10.2. The lowest BCUT2D eigenvalue weighted by Crippen LogP contribution is -2.33. The average molecular weight is 294 g/mol. The van der Waals surface area contributed by atoms with E-state index >= 15 is 0 Å². The van der Waals surface area contributed by atoms with Crippen molar-refractivity contribution in [3.05, 3.63) is 16.5 Å². The standard InChI is InChI=1S/C12H18ClF2N3O/c1-7(2)11-16-10(13)8(3)12(17-11)18(4-5-19)6-9(14)15/h7,9,19H,4-6H2,1-3H3. The number of aromatic nitrogens is 2. The highest BCUT2D eigenvalue weighted by atomic mass is 35.5. The van der Waals surface area contributed by atoms with E-state index in [-0.39, 0.29) is 24.2 Å². The van der Waals surface area contributed by atoms with E-state index < -0.39 is 13.0 Å². The highest BCUT2D eigenvalue weighted by Gasteiger charge is 2.19. The molecule has 0 unspecified atom stereocenters. The van der Waals surface area contributed by atoms with Gasteiger partial charge in [0.25, 0.3) is 6.43 Å². The maximum atomic E-state index is 12.6. The molecule has 0 aliphatic rings. The van der Waals surface area contributed by atoms with Crippen molar-refractivity contribution in [1.82, 2.24) is 9.97 Å². The van der Waals surface area contributed by atoms with E-state index in [0.29, 0.717) is 17.2 Å². The number of halogens is 3. The van der Waals surface area contributed by atoms with E-state index in [2.05, 4.69) is 9.97 Å². The maximum Gasteiger partial charge on any atom is 0.255 e. The van der Waals surface area contributed by atoms with Crippen molar-refractivity contribution in [2.75, 3.05) is 24.6 Å². The molecule has 0 amide bonds. The Morgan fingerprint density at radius 2 is 1.95 bits per heavy atom. The molecule has 0 atom stereocenters. The molecule has 4 nitrogen and oxygen atoms in total. The molecule has 0 radical (unpaired) electrons. The van der Waals surface area contributed by atoms with Crippen LogP contribution < -0.4 is 4.90 Å². The molecule has 1 heterocycles. The van der Waals surface area contributed by atoms with E-state index in [1.54, 1.807) is 6.92 Å². The molecular weight excluding hydrogens is 276 g/mol. The third-order valence-electron chi connectivity index (χ3n) is 2.62. The fraction of sp³-hybridized carbons (Fsp3) is 0.667. The van der Waals surface area contributed by atoms with Gasteiger partial charge in [0.1, 0.15) is 16.8 Å². The molecule has 0 aliphatic carbocycles. The molecule has 1 rings (SSSR count). The summed E-state index contributed by atoms with van der Waals surface area (Å²) in [5.41, 5.74) is 0.542. The number of anilines is 1. The molecule has 1 aromatic heterocycles. The van der Waals surface area contributed by atoms with Crippen LogP contribution in [0.3, 0.4) is 0 Å². The smallest absolute Gasteiger partial charge is 0.255 e. The minimum Gasteiger partial charge on any atom is -0.395 e. The number of aliphatic hydroxyl groups is 1. The summed E-state index contributed by atoms with van der Waals surface area (Å²) in [6.45, 7) is 4.83. The lowest BCUT2D eigenvalue weighted by Gasteiger charge is -2.25. The third-order valence-corrected chi connectivity index (χ3v) is 2.99. The van der Waals surface area contributed by atoms with Crippen LogP contribution >= 0.6 is 11.6 Å². The molecule has 108 valence electrons. The van der Waals surface area contributed by atoms with Gasteiger partial charge in [-0.1, -0.05) is 25.4 Å². The van der Waals surface area contributed by atoms with Crippen molar-refractivity contribution in [1.29, 1.82) is 0 Å². The van der Waals surface area contributed by atoms with E-state index in [1.165, 1.54) is 4.90 Å². The van der Waals surface area contributed by atoms with Crippen LogP contribution in [0.15, 0.2) is 0 Å². The summed E-state index contributed by atoms with van der Waals surface area (Å²) in [5, 5.41) is 9.24. The maximum absolute atomic E-state index is 12.6. The van der Waals surface area contributed by atoms with Crippen molar-refractivity contribution in [2.45, 2.75) is 33.1 Å². The molecule has 1 N–H and O–H groups in total. The fourth-order valence-electron chi connectivity index (χ4n) is 1.63. The minimum absolute atomic E-state index is 0.0411. The Kier molecular flexibility index (Phi) is 5.87. The molecule has 7 heteroatoms. The Morgan fingerprint density at radius 1 is 1.32 bits per heavy atom. The van der Waals surface area contributed by atoms with E-state index in [9.17, 15) is 8.78 Å². The van der Waals surface area contributed by atoms with Gasteiger partial charge < -0.3 is 10.0 Å². The van der Waals surface area contributed by atoms with Gasteiger partial charge in [-0.3, -0.25) is 0 Å². The Balaban J connectivity index is 3.19. The van der Waals surface area contributed by atoms with Crippen LogP contribution in [0.1, 0.15) is 31.2 Å². The first-order valence-electron chi connectivity index (χ1n) is 6.04. The van der Waals surface area contributed by atoms with Gasteiger partial charge in [-0.2, -0.15) is 0 Å².